The molecule has 6 nitrogen and oxygen atoms in total. The molecule has 0 aliphatic carbocycles. The number of rotatable bonds is 3. The number of ether oxygens (including phenoxy) is 2. The summed E-state index contributed by atoms with van der Waals surface area (Å²) in [7, 11) is 0. The molecule has 0 atom stereocenters. The predicted molar refractivity (Wildman–Crippen MR) is 63.4 cm³/mol. The van der Waals surface area contributed by atoms with E-state index >= 15 is 0 Å². The molecule has 0 saturated carbocycles. The van der Waals surface area contributed by atoms with Crippen LogP contribution in [0.3, 0.4) is 0 Å². The van der Waals surface area contributed by atoms with Gasteiger partial charge in [-0.1, -0.05) is 0 Å². The summed E-state index contributed by atoms with van der Waals surface area (Å²) in [5.41, 5.74) is -0.0214. The smallest absolute Gasteiger partial charge is 0.335 e. The van der Waals surface area contributed by atoms with Crippen molar-refractivity contribution in [1.29, 1.82) is 10.5 Å². The average molecular weight is 254 g/mol. The molecule has 0 saturated heterocycles. The first kappa shape index (κ1) is 12.2. The molecule has 19 heavy (non-hydrogen) atoms. The standard InChI is InChI=1S/C13H6N2O4/c14-6-18-10-1-2-11-8(4-10)3-9(13(16)17)5-12(11)19-7-15/h1-5H,(H,16,17). The van der Waals surface area contributed by atoms with Crippen molar-refractivity contribution in [3.05, 3.63) is 35.9 Å². The van der Waals surface area contributed by atoms with Crippen LogP contribution in [0.15, 0.2) is 30.3 Å². The topological polar surface area (TPSA) is 103 Å². The summed E-state index contributed by atoms with van der Waals surface area (Å²) in [5.74, 6) is -0.724. The Kier molecular flexibility index (Phi) is 3.18. The summed E-state index contributed by atoms with van der Waals surface area (Å²) in [5, 5.41) is 27.0. The second-order valence-electron chi connectivity index (χ2n) is 3.55. The molecule has 0 spiro atoms. The number of carboxylic acid groups (broad SMARTS) is 1. The van der Waals surface area contributed by atoms with Crippen molar-refractivity contribution in [1.82, 2.24) is 0 Å². The van der Waals surface area contributed by atoms with E-state index in [0.717, 1.165) is 0 Å². The predicted octanol–water partition coefficient (Wildman–Crippen LogP) is 2.26. The van der Waals surface area contributed by atoms with Crippen LogP contribution in [-0.2, 0) is 0 Å². The number of hydrogen-bond acceptors (Lipinski definition) is 5. The molecular weight excluding hydrogens is 248 g/mol. The highest BCUT2D eigenvalue weighted by molar-refractivity contribution is 5.98. The Morgan fingerprint density at radius 1 is 1.11 bits per heavy atom. The maximum atomic E-state index is 11.0. The number of benzene rings is 2. The van der Waals surface area contributed by atoms with E-state index in [1.807, 2.05) is 0 Å². The summed E-state index contributed by atoms with van der Waals surface area (Å²) in [6.45, 7) is 0. The third-order valence-corrected chi connectivity index (χ3v) is 2.45. The van der Waals surface area contributed by atoms with Gasteiger partial charge >= 0.3 is 5.97 Å². The first-order valence-corrected chi connectivity index (χ1v) is 5.08. The average Bonchev–Trinajstić information content (AvgIpc) is 2.38. The first-order chi connectivity index (χ1) is 9.15. The monoisotopic (exact) mass is 254 g/mol. The highest BCUT2D eigenvalue weighted by Crippen LogP contribution is 2.30. The zero-order chi connectivity index (χ0) is 13.8. The second kappa shape index (κ2) is 4.94. The van der Waals surface area contributed by atoms with Gasteiger partial charge in [0, 0.05) is 5.39 Å². The Bertz CT molecular complexity index is 741. The fourth-order valence-electron chi connectivity index (χ4n) is 1.69. The van der Waals surface area contributed by atoms with Crippen LogP contribution < -0.4 is 9.47 Å². The van der Waals surface area contributed by atoms with Gasteiger partial charge < -0.3 is 14.6 Å². The molecule has 2 aromatic rings. The van der Waals surface area contributed by atoms with Gasteiger partial charge in [0.15, 0.2) is 5.75 Å². The molecule has 0 fully saturated rings. The first-order valence-electron chi connectivity index (χ1n) is 5.08. The Morgan fingerprint density at radius 3 is 2.47 bits per heavy atom. The van der Waals surface area contributed by atoms with E-state index in [1.165, 1.54) is 36.8 Å². The molecule has 0 aliphatic rings. The molecule has 92 valence electrons. The number of carboxylic acids is 1. The lowest BCUT2D eigenvalue weighted by Crippen LogP contribution is -1.97. The number of aromatic carboxylic acids is 1. The van der Waals surface area contributed by atoms with Crippen molar-refractivity contribution in [3.63, 3.8) is 0 Å². The zero-order valence-corrected chi connectivity index (χ0v) is 9.45. The van der Waals surface area contributed by atoms with Gasteiger partial charge in [0.05, 0.1) is 5.56 Å². The van der Waals surface area contributed by atoms with Gasteiger partial charge in [-0.15, -0.1) is 10.5 Å². The summed E-state index contributed by atoms with van der Waals surface area (Å²) < 4.78 is 9.41. The SMILES string of the molecule is N#COc1ccc2c(OC#N)cc(C(=O)O)cc2c1. The summed E-state index contributed by atoms with van der Waals surface area (Å²) >= 11 is 0. The van der Waals surface area contributed by atoms with E-state index in [-0.39, 0.29) is 17.1 Å². The molecule has 6 heteroatoms. The van der Waals surface area contributed by atoms with Gasteiger partial charge in [-0.25, -0.2) is 4.79 Å². The minimum atomic E-state index is -1.14. The lowest BCUT2D eigenvalue weighted by molar-refractivity contribution is 0.0696. The minimum Gasteiger partial charge on any atom is -0.478 e. The Hall–Kier alpha value is -3.25. The van der Waals surface area contributed by atoms with Crippen LogP contribution in [-0.4, -0.2) is 11.1 Å². The third kappa shape index (κ3) is 2.38. The van der Waals surface area contributed by atoms with E-state index in [2.05, 4.69) is 4.74 Å². The lowest BCUT2D eigenvalue weighted by atomic mass is 10.1. The van der Waals surface area contributed by atoms with Gasteiger partial charge in [0.1, 0.15) is 5.75 Å². The molecule has 0 radical (unpaired) electrons. The third-order valence-electron chi connectivity index (χ3n) is 2.45. The largest absolute Gasteiger partial charge is 0.478 e. The van der Waals surface area contributed by atoms with Crippen LogP contribution >= 0.6 is 0 Å². The van der Waals surface area contributed by atoms with Gasteiger partial charge in [0.25, 0.3) is 12.5 Å². The van der Waals surface area contributed by atoms with Crippen molar-refractivity contribution >= 4 is 16.7 Å². The Labute approximate surface area is 107 Å². The number of fused-ring (bicyclic) bond motifs is 1. The van der Waals surface area contributed by atoms with E-state index in [4.69, 9.17) is 20.4 Å². The van der Waals surface area contributed by atoms with Gasteiger partial charge in [0.2, 0.25) is 0 Å². The van der Waals surface area contributed by atoms with Crippen molar-refractivity contribution in [2.75, 3.05) is 0 Å². The molecular formula is C13H6N2O4. The van der Waals surface area contributed by atoms with Gasteiger partial charge in [-0.05, 0) is 35.7 Å². The van der Waals surface area contributed by atoms with E-state index in [9.17, 15) is 4.79 Å². The minimum absolute atomic E-state index is 0.0214. The lowest BCUT2D eigenvalue weighted by Gasteiger charge is -2.06. The van der Waals surface area contributed by atoms with E-state index < -0.39 is 5.97 Å². The van der Waals surface area contributed by atoms with Crippen molar-refractivity contribution < 1.29 is 19.4 Å². The van der Waals surface area contributed by atoms with E-state index in [1.54, 1.807) is 6.07 Å². The Morgan fingerprint density at radius 2 is 1.84 bits per heavy atom. The van der Waals surface area contributed by atoms with Gasteiger partial charge in [-0.2, -0.15) is 0 Å². The maximum absolute atomic E-state index is 11.0. The van der Waals surface area contributed by atoms with Crippen LogP contribution in [0, 0.1) is 23.0 Å². The summed E-state index contributed by atoms with van der Waals surface area (Å²) in [6.07, 6.45) is 3.03. The summed E-state index contributed by atoms with van der Waals surface area (Å²) in [6, 6.07) is 7.27. The fraction of sp³-hybridized carbons (Fsp3) is 0. The number of hydrogen-bond donors (Lipinski definition) is 1. The molecule has 0 unspecified atom stereocenters. The number of carbonyl (C=O) groups is 1. The maximum Gasteiger partial charge on any atom is 0.335 e. The molecule has 0 bridgehead atoms. The van der Waals surface area contributed by atoms with Crippen molar-refractivity contribution in [3.8, 4) is 24.0 Å². The normalized spacial score (nSPS) is 9.37. The van der Waals surface area contributed by atoms with Crippen molar-refractivity contribution in [2.45, 2.75) is 0 Å². The second-order valence-corrected chi connectivity index (χ2v) is 3.55. The number of nitriles is 2. The molecule has 2 aromatic carbocycles. The highest BCUT2D eigenvalue weighted by Gasteiger charge is 2.11. The fourth-order valence-corrected chi connectivity index (χ4v) is 1.69. The highest BCUT2D eigenvalue weighted by atomic mass is 16.5. The van der Waals surface area contributed by atoms with Crippen LogP contribution in [0.2, 0.25) is 0 Å². The molecule has 0 aliphatic heterocycles. The van der Waals surface area contributed by atoms with Crippen LogP contribution in [0.4, 0.5) is 0 Å². The molecule has 1 N–H and O–H groups in total. The van der Waals surface area contributed by atoms with Gasteiger partial charge in [-0.3, -0.25) is 0 Å². The van der Waals surface area contributed by atoms with Crippen LogP contribution in [0.1, 0.15) is 10.4 Å². The summed E-state index contributed by atoms with van der Waals surface area (Å²) in [4.78, 5) is 11.0. The van der Waals surface area contributed by atoms with Crippen LogP contribution in [0.25, 0.3) is 10.8 Å². The Balaban J connectivity index is 2.69. The zero-order valence-electron chi connectivity index (χ0n) is 9.45. The molecule has 0 amide bonds. The molecule has 0 aromatic heterocycles. The quantitative estimate of drug-likeness (QED) is 0.842. The van der Waals surface area contributed by atoms with E-state index in [0.29, 0.717) is 10.8 Å². The van der Waals surface area contributed by atoms with Crippen molar-refractivity contribution in [2.24, 2.45) is 0 Å². The number of nitrogens with zero attached hydrogens (tertiary/aromatic N) is 2. The molecule has 0 heterocycles. The van der Waals surface area contributed by atoms with Crippen LogP contribution in [0.5, 0.6) is 11.5 Å². The molecule has 2 rings (SSSR count).